The summed E-state index contributed by atoms with van der Waals surface area (Å²) in [6, 6.07) is 11.2. The molecule has 0 saturated heterocycles. The third-order valence-corrected chi connectivity index (χ3v) is 5.45. The monoisotopic (exact) mass is 359 g/mol. The maximum absolute atomic E-state index is 11.3. The third-order valence-electron chi connectivity index (χ3n) is 4.90. The first-order valence-corrected chi connectivity index (χ1v) is 8.55. The molecular weight excluding hydrogens is 345 g/mol. The Labute approximate surface area is 149 Å². The third kappa shape index (κ3) is 2.48. The van der Waals surface area contributed by atoms with Crippen molar-refractivity contribution in [2.24, 2.45) is 5.92 Å². The number of carboxylic acids is 1. The van der Waals surface area contributed by atoms with E-state index in [4.69, 9.17) is 23.2 Å². The van der Waals surface area contributed by atoms with Gasteiger partial charge < -0.3 is 10.4 Å². The molecular formula is C19H15Cl2NO2. The average Bonchev–Trinajstić information content (AvgIpc) is 3.05. The second-order valence-electron chi connectivity index (χ2n) is 6.25. The summed E-state index contributed by atoms with van der Waals surface area (Å²) in [5.41, 5.74) is 3.17. The zero-order valence-corrected chi connectivity index (χ0v) is 14.2. The maximum atomic E-state index is 11.3. The van der Waals surface area contributed by atoms with Crippen LogP contribution in [0.3, 0.4) is 0 Å². The van der Waals surface area contributed by atoms with Gasteiger partial charge >= 0.3 is 5.97 Å². The zero-order valence-electron chi connectivity index (χ0n) is 12.7. The SMILES string of the molecule is O=C(O)c1cc(Cl)c2c(c1)[C@@H]1C=CC[C@H]1[C@@H](c1ccc(Cl)cc1)N2. The lowest BCUT2D eigenvalue weighted by Gasteiger charge is -2.38. The summed E-state index contributed by atoms with van der Waals surface area (Å²) in [4.78, 5) is 11.3. The Kier molecular flexibility index (Phi) is 3.78. The molecule has 0 aromatic heterocycles. The van der Waals surface area contributed by atoms with E-state index < -0.39 is 5.97 Å². The van der Waals surface area contributed by atoms with E-state index in [1.54, 1.807) is 6.07 Å². The number of benzene rings is 2. The van der Waals surface area contributed by atoms with Gasteiger partial charge in [-0.15, -0.1) is 0 Å². The molecule has 2 N–H and O–H groups in total. The first kappa shape index (κ1) is 15.6. The van der Waals surface area contributed by atoms with Gasteiger partial charge in [-0.25, -0.2) is 4.79 Å². The maximum Gasteiger partial charge on any atom is 0.335 e. The number of hydrogen-bond acceptors (Lipinski definition) is 2. The zero-order chi connectivity index (χ0) is 16.8. The van der Waals surface area contributed by atoms with Crippen molar-refractivity contribution in [2.75, 3.05) is 5.32 Å². The van der Waals surface area contributed by atoms with Crippen molar-refractivity contribution in [1.29, 1.82) is 0 Å². The molecule has 3 nitrogen and oxygen atoms in total. The molecule has 24 heavy (non-hydrogen) atoms. The van der Waals surface area contributed by atoms with Crippen molar-refractivity contribution in [1.82, 2.24) is 0 Å². The summed E-state index contributed by atoms with van der Waals surface area (Å²) in [6.45, 7) is 0. The lowest BCUT2D eigenvalue weighted by atomic mass is 9.76. The van der Waals surface area contributed by atoms with Crippen LogP contribution in [-0.2, 0) is 0 Å². The fourth-order valence-electron chi connectivity index (χ4n) is 3.78. The van der Waals surface area contributed by atoms with Gasteiger partial charge in [0, 0.05) is 10.9 Å². The Bertz CT molecular complexity index is 845. The van der Waals surface area contributed by atoms with Crippen molar-refractivity contribution in [3.05, 3.63) is 75.3 Å². The molecule has 3 atom stereocenters. The minimum Gasteiger partial charge on any atom is -0.478 e. The highest BCUT2D eigenvalue weighted by molar-refractivity contribution is 6.34. The molecule has 0 unspecified atom stereocenters. The molecule has 0 bridgehead atoms. The molecule has 0 radical (unpaired) electrons. The molecule has 122 valence electrons. The Morgan fingerprint density at radius 1 is 1.17 bits per heavy atom. The molecule has 1 heterocycles. The van der Waals surface area contributed by atoms with Crippen LogP contribution in [0.5, 0.6) is 0 Å². The van der Waals surface area contributed by atoms with Crippen molar-refractivity contribution < 1.29 is 9.90 Å². The standard InChI is InChI=1S/C19H15Cl2NO2/c20-12-6-4-10(5-7-12)17-14-3-1-2-13(14)15-8-11(19(23)24)9-16(21)18(15)22-17/h1-2,4-9,13-14,17,22H,3H2,(H,23,24)/t13-,14-,17-/m1/s1. The van der Waals surface area contributed by atoms with Crippen molar-refractivity contribution in [2.45, 2.75) is 18.4 Å². The smallest absolute Gasteiger partial charge is 0.335 e. The first-order valence-electron chi connectivity index (χ1n) is 7.80. The second-order valence-corrected chi connectivity index (χ2v) is 7.10. The minimum absolute atomic E-state index is 0.114. The largest absolute Gasteiger partial charge is 0.478 e. The highest BCUT2D eigenvalue weighted by atomic mass is 35.5. The number of allylic oxidation sites excluding steroid dienone is 2. The first-order chi connectivity index (χ1) is 11.5. The average molecular weight is 360 g/mol. The predicted octanol–water partition coefficient (Wildman–Crippen LogP) is 5.52. The molecule has 2 aromatic carbocycles. The van der Waals surface area contributed by atoms with E-state index in [2.05, 4.69) is 17.5 Å². The number of carboxylic acid groups (broad SMARTS) is 1. The summed E-state index contributed by atoms with van der Waals surface area (Å²) in [5.74, 6) is -0.462. The topological polar surface area (TPSA) is 49.3 Å². The van der Waals surface area contributed by atoms with E-state index in [0.717, 1.165) is 23.2 Å². The molecule has 0 amide bonds. The normalized spacial score (nSPS) is 24.2. The molecule has 4 rings (SSSR count). The molecule has 1 aliphatic carbocycles. The Morgan fingerprint density at radius 2 is 1.92 bits per heavy atom. The molecule has 0 fully saturated rings. The van der Waals surface area contributed by atoms with Gasteiger partial charge in [-0.3, -0.25) is 0 Å². The van der Waals surface area contributed by atoms with Crippen molar-refractivity contribution >= 4 is 34.9 Å². The summed E-state index contributed by atoms with van der Waals surface area (Å²) in [6.07, 6.45) is 5.27. The van der Waals surface area contributed by atoms with E-state index in [1.807, 2.05) is 24.3 Å². The number of rotatable bonds is 2. The number of anilines is 1. The summed E-state index contributed by atoms with van der Waals surface area (Å²) < 4.78 is 0. The number of fused-ring (bicyclic) bond motifs is 3. The number of carbonyl (C=O) groups is 1. The van der Waals surface area contributed by atoms with E-state index in [-0.39, 0.29) is 17.5 Å². The van der Waals surface area contributed by atoms with Crippen LogP contribution >= 0.6 is 23.2 Å². The summed E-state index contributed by atoms with van der Waals surface area (Å²) in [7, 11) is 0. The van der Waals surface area contributed by atoms with Crippen LogP contribution in [0, 0.1) is 5.92 Å². The highest BCUT2D eigenvalue weighted by Crippen LogP contribution is 2.51. The Hall–Kier alpha value is -1.97. The van der Waals surface area contributed by atoms with Crippen LogP contribution in [-0.4, -0.2) is 11.1 Å². The van der Waals surface area contributed by atoms with E-state index >= 15 is 0 Å². The quantitative estimate of drug-likeness (QED) is 0.694. The van der Waals surface area contributed by atoms with Crippen LogP contribution in [0.1, 0.15) is 39.9 Å². The lowest BCUT2D eigenvalue weighted by Crippen LogP contribution is -2.29. The summed E-state index contributed by atoms with van der Waals surface area (Å²) in [5, 5.41) is 14.0. The van der Waals surface area contributed by atoms with E-state index in [0.29, 0.717) is 16.0 Å². The number of halogens is 2. The van der Waals surface area contributed by atoms with Gasteiger partial charge in [-0.1, -0.05) is 47.5 Å². The van der Waals surface area contributed by atoms with Gasteiger partial charge in [0.15, 0.2) is 0 Å². The van der Waals surface area contributed by atoms with Crippen LogP contribution in [0.25, 0.3) is 0 Å². The van der Waals surface area contributed by atoms with Crippen LogP contribution in [0.15, 0.2) is 48.6 Å². The molecule has 5 heteroatoms. The van der Waals surface area contributed by atoms with Gasteiger partial charge in [0.2, 0.25) is 0 Å². The van der Waals surface area contributed by atoms with E-state index in [1.165, 1.54) is 6.07 Å². The minimum atomic E-state index is -0.960. The summed E-state index contributed by atoms with van der Waals surface area (Å²) >= 11 is 12.4. The van der Waals surface area contributed by atoms with Gasteiger partial charge in [0.25, 0.3) is 0 Å². The lowest BCUT2D eigenvalue weighted by molar-refractivity contribution is 0.0696. The number of nitrogens with one attached hydrogen (secondary N) is 1. The number of aromatic carboxylic acids is 1. The van der Waals surface area contributed by atoms with Crippen molar-refractivity contribution in [3.8, 4) is 0 Å². The fourth-order valence-corrected chi connectivity index (χ4v) is 4.19. The van der Waals surface area contributed by atoms with Crippen LogP contribution in [0.2, 0.25) is 10.0 Å². The molecule has 2 aliphatic rings. The molecule has 0 saturated carbocycles. The molecule has 0 spiro atoms. The Morgan fingerprint density at radius 3 is 2.62 bits per heavy atom. The van der Waals surface area contributed by atoms with Gasteiger partial charge in [0.05, 0.1) is 22.3 Å². The van der Waals surface area contributed by atoms with Gasteiger partial charge in [-0.2, -0.15) is 0 Å². The van der Waals surface area contributed by atoms with Crippen LogP contribution in [0.4, 0.5) is 5.69 Å². The fraction of sp³-hybridized carbons (Fsp3) is 0.211. The van der Waals surface area contributed by atoms with E-state index in [9.17, 15) is 9.90 Å². The predicted molar refractivity (Wildman–Crippen MR) is 96.2 cm³/mol. The van der Waals surface area contributed by atoms with Gasteiger partial charge in [-0.05, 0) is 47.7 Å². The van der Waals surface area contributed by atoms with Gasteiger partial charge in [0.1, 0.15) is 0 Å². The highest BCUT2D eigenvalue weighted by Gasteiger charge is 2.39. The molecule has 1 aliphatic heterocycles. The molecule has 2 aromatic rings. The Balaban J connectivity index is 1.82. The second kappa shape index (κ2) is 5.83. The van der Waals surface area contributed by atoms with Crippen LogP contribution < -0.4 is 5.32 Å². The van der Waals surface area contributed by atoms with Crippen molar-refractivity contribution in [3.63, 3.8) is 0 Å². The number of hydrogen-bond donors (Lipinski definition) is 2.